The van der Waals surface area contributed by atoms with Crippen LogP contribution in [0.4, 0.5) is 5.69 Å². The minimum absolute atomic E-state index is 0.161. The Hall–Kier alpha value is -1.18. The van der Waals surface area contributed by atoms with Crippen LogP contribution in [0.25, 0.3) is 0 Å². The van der Waals surface area contributed by atoms with Crippen molar-refractivity contribution in [3.63, 3.8) is 0 Å². The maximum Gasteiger partial charge on any atom is 0.141 e. The van der Waals surface area contributed by atoms with Crippen molar-refractivity contribution in [2.45, 2.75) is 65.3 Å². The number of hydrogen-bond acceptors (Lipinski definition) is 2. The molecule has 21 heavy (non-hydrogen) atoms. The first-order valence-corrected chi connectivity index (χ1v) is 8.28. The molecule has 2 nitrogen and oxygen atoms in total. The van der Waals surface area contributed by atoms with Crippen molar-refractivity contribution < 1.29 is 4.74 Å². The van der Waals surface area contributed by atoms with Crippen LogP contribution in [0.1, 0.15) is 59.4 Å². The van der Waals surface area contributed by atoms with Crippen LogP contribution in [0.3, 0.4) is 0 Å². The molecular weight excluding hydrogens is 258 g/mol. The maximum absolute atomic E-state index is 5.55. The monoisotopic (exact) mass is 289 g/mol. The summed E-state index contributed by atoms with van der Waals surface area (Å²) in [5.74, 6) is 2.46. The van der Waals surface area contributed by atoms with Gasteiger partial charge in [0.2, 0.25) is 0 Å². The van der Waals surface area contributed by atoms with Gasteiger partial charge in [0.05, 0.1) is 12.8 Å². The van der Waals surface area contributed by atoms with E-state index >= 15 is 0 Å². The van der Waals surface area contributed by atoms with E-state index in [0.717, 1.165) is 17.4 Å². The molecule has 0 radical (unpaired) electrons. The van der Waals surface area contributed by atoms with Crippen molar-refractivity contribution in [3.8, 4) is 5.75 Å². The topological polar surface area (TPSA) is 21.3 Å². The average molecular weight is 289 g/mol. The van der Waals surface area contributed by atoms with Crippen molar-refractivity contribution in [1.29, 1.82) is 0 Å². The highest BCUT2D eigenvalue weighted by atomic mass is 16.5. The fraction of sp³-hybridized carbons (Fsp3) is 0.684. The fourth-order valence-corrected chi connectivity index (χ4v) is 3.27. The molecule has 1 N–H and O–H groups in total. The predicted octanol–water partition coefficient (Wildman–Crippen LogP) is 5.23. The minimum Gasteiger partial charge on any atom is -0.495 e. The predicted molar refractivity (Wildman–Crippen MR) is 91.3 cm³/mol. The van der Waals surface area contributed by atoms with Crippen LogP contribution in [0.2, 0.25) is 0 Å². The van der Waals surface area contributed by atoms with E-state index in [1.54, 1.807) is 7.11 Å². The summed E-state index contributed by atoms with van der Waals surface area (Å²) in [6.07, 6.45) is 3.94. The number of nitrogens with one attached hydrogen (secondary N) is 1. The highest BCUT2D eigenvalue weighted by Gasteiger charge is 2.27. The lowest BCUT2D eigenvalue weighted by Crippen LogP contribution is -2.35. The summed E-state index contributed by atoms with van der Waals surface area (Å²) >= 11 is 0. The van der Waals surface area contributed by atoms with Gasteiger partial charge in [-0.05, 0) is 41.4 Å². The van der Waals surface area contributed by atoms with Crippen molar-refractivity contribution in [3.05, 3.63) is 23.8 Å². The van der Waals surface area contributed by atoms with Crippen LogP contribution in [0.5, 0.6) is 5.75 Å². The molecule has 2 rings (SSSR count). The number of ether oxygens (including phenoxy) is 1. The molecule has 0 heterocycles. The Labute approximate surface area is 130 Å². The molecule has 0 aliphatic heterocycles. The first-order chi connectivity index (χ1) is 9.82. The Bertz CT molecular complexity index is 475. The number of anilines is 1. The molecule has 0 aromatic heterocycles. The second kappa shape index (κ2) is 6.29. The van der Waals surface area contributed by atoms with Crippen LogP contribution in [-0.2, 0) is 5.41 Å². The van der Waals surface area contributed by atoms with Gasteiger partial charge < -0.3 is 10.1 Å². The van der Waals surface area contributed by atoms with Gasteiger partial charge in [0.25, 0.3) is 0 Å². The summed E-state index contributed by atoms with van der Waals surface area (Å²) in [7, 11) is 1.75. The van der Waals surface area contributed by atoms with Crippen molar-refractivity contribution in [2.75, 3.05) is 12.4 Å². The maximum atomic E-state index is 5.55. The summed E-state index contributed by atoms with van der Waals surface area (Å²) in [6.45, 7) is 11.5. The molecule has 1 aliphatic carbocycles. The molecule has 3 atom stereocenters. The summed E-state index contributed by atoms with van der Waals surface area (Å²) in [5.41, 5.74) is 2.66. The van der Waals surface area contributed by atoms with Gasteiger partial charge in [-0.25, -0.2) is 0 Å². The van der Waals surface area contributed by atoms with Crippen LogP contribution in [-0.4, -0.2) is 13.2 Å². The minimum atomic E-state index is 0.161. The molecule has 2 heteroatoms. The molecule has 0 bridgehead atoms. The summed E-state index contributed by atoms with van der Waals surface area (Å²) in [4.78, 5) is 0. The third kappa shape index (κ3) is 3.72. The summed E-state index contributed by atoms with van der Waals surface area (Å²) < 4.78 is 5.55. The van der Waals surface area contributed by atoms with Gasteiger partial charge in [-0.1, -0.05) is 53.5 Å². The van der Waals surface area contributed by atoms with Gasteiger partial charge in [0, 0.05) is 6.04 Å². The highest BCUT2D eigenvalue weighted by molar-refractivity contribution is 5.59. The van der Waals surface area contributed by atoms with E-state index < -0.39 is 0 Å². The van der Waals surface area contributed by atoms with Gasteiger partial charge in [0.15, 0.2) is 0 Å². The quantitative estimate of drug-likeness (QED) is 0.822. The zero-order valence-corrected chi connectivity index (χ0v) is 14.5. The second-order valence-corrected chi connectivity index (χ2v) is 7.68. The van der Waals surface area contributed by atoms with Crippen molar-refractivity contribution >= 4 is 5.69 Å². The SMILES string of the molecule is COc1ccc(C(C)(C)C)cc1NC1CCCC(C)C1C. The van der Waals surface area contributed by atoms with E-state index in [0.29, 0.717) is 12.0 Å². The molecule has 1 saturated carbocycles. The molecule has 1 fully saturated rings. The van der Waals surface area contributed by atoms with Crippen molar-refractivity contribution in [1.82, 2.24) is 0 Å². The van der Waals surface area contributed by atoms with E-state index in [1.807, 2.05) is 0 Å². The van der Waals surface area contributed by atoms with Crippen LogP contribution in [0, 0.1) is 11.8 Å². The molecule has 1 aromatic carbocycles. The lowest BCUT2D eigenvalue weighted by Gasteiger charge is -2.36. The average Bonchev–Trinajstić information content (AvgIpc) is 2.43. The van der Waals surface area contributed by atoms with Crippen molar-refractivity contribution in [2.24, 2.45) is 11.8 Å². The largest absolute Gasteiger partial charge is 0.495 e. The standard InChI is InChI=1S/C19H31NO/c1-13-8-7-9-16(14(13)2)20-17-12-15(19(3,4)5)10-11-18(17)21-6/h10-14,16,20H,7-9H2,1-6H3. The number of hydrogen-bond donors (Lipinski definition) is 1. The molecule has 118 valence electrons. The summed E-state index contributed by atoms with van der Waals surface area (Å²) in [5, 5.41) is 3.77. The molecule has 0 saturated heterocycles. The highest BCUT2D eigenvalue weighted by Crippen LogP contribution is 2.36. The molecular formula is C19H31NO. The first-order valence-electron chi connectivity index (χ1n) is 8.28. The van der Waals surface area contributed by atoms with Gasteiger partial charge >= 0.3 is 0 Å². The van der Waals surface area contributed by atoms with E-state index in [2.05, 4.69) is 58.1 Å². The lowest BCUT2D eigenvalue weighted by atomic mass is 9.78. The first kappa shape index (κ1) is 16.2. The Kier molecular flexibility index (Phi) is 4.85. The zero-order chi connectivity index (χ0) is 15.6. The van der Waals surface area contributed by atoms with Crippen LogP contribution < -0.4 is 10.1 Å². The third-order valence-corrected chi connectivity index (χ3v) is 5.11. The smallest absolute Gasteiger partial charge is 0.141 e. The van der Waals surface area contributed by atoms with Gasteiger partial charge in [-0.2, -0.15) is 0 Å². The van der Waals surface area contributed by atoms with E-state index in [-0.39, 0.29) is 5.41 Å². The second-order valence-electron chi connectivity index (χ2n) is 7.68. The Morgan fingerprint density at radius 2 is 1.86 bits per heavy atom. The Morgan fingerprint density at radius 3 is 2.48 bits per heavy atom. The molecule has 0 spiro atoms. The van der Waals surface area contributed by atoms with Gasteiger partial charge in [-0.15, -0.1) is 0 Å². The van der Waals surface area contributed by atoms with Crippen LogP contribution >= 0.6 is 0 Å². The molecule has 1 aromatic rings. The molecule has 3 unspecified atom stereocenters. The van der Waals surface area contributed by atoms with E-state index in [1.165, 1.54) is 24.8 Å². The van der Waals surface area contributed by atoms with E-state index in [4.69, 9.17) is 4.74 Å². The van der Waals surface area contributed by atoms with Gasteiger partial charge in [0.1, 0.15) is 5.75 Å². The number of rotatable bonds is 3. The zero-order valence-electron chi connectivity index (χ0n) is 14.5. The summed E-state index contributed by atoms with van der Waals surface area (Å²) in [6, 6.07) is 7.10. The van der Waals surface area contributed by atoms with E-state index in [9.17, 15) is 0 Å². The molecule has 1 aliphatic rings. The Morgan fingerprint density at radius 1 is 1.14 bits per heavy atom. The Balaban J connectivity index is 2.25. The lowest BCUT2D eigenvalue weighted by molar-refractivity contribution is 0.252. The third-order valence-electron chi connectivity index (χ3n) is 5.11. The number of methoxy groups -OCH3 is 1. The molecule has 0 amide bonds. The number of benzene rings is 1. The van der Waals surface area contributed by atoms with Gasteiger partial charge in [-0.3, -0.25) is 0 Å². The normalized spacial score (nSPS) is 26.5. The fourth-order valence-electron chi connectivity index (χ4n) is 3.27. The van der Waals surface area contributed by atoms with Crippen LogP contribution in [0.15, 0.2) is 18.2 Å².